The second-order valence-electron chi connectivity index (χ2n) is 11.0. The number of benzene rings is 3. The fourth-order valence-corrected chi connectivity index (χ4v) is 5.22. The molecule has 0 saturated heterocycles. The van der Waals surface area contributed by atoms with Gasteiger partial charge in [-0.25, -0.2) is 8.42 Å². The van der Waals surface area contributed by atoms with Crippen molar-refractivity contribution in [2.45, 2.75) is 59.2 Å². The third kappa shape index (κ3) is 8.68. The molecule has 0 heterocycles. The molecule has 3 aromatic carbocycles. The summed E-state index contributed by atoms with van der Waals surface area (Å²) in [5, 5.41) is 3.03. The molecule has 3 rings (SSSR count). The lowest BCUT2D eigenvalue weighted by molar-refractivity contribution is -0.140. The molecule has 0 aliphatic carbocycles. The Kier molecular flexibility index (Phi) is 9.56. The van der Waals surface area contributed by atoms with Crippen molar-refractivity contribution in [1.82, 2.24) is 10.2 Å². The van der Waals surface area contributed by atoms with E-state index in [-0.39, 0.29) is 18.9 Å². The van der Waals surface area contributed by atoms with Gasteiger partial charge in [-0.3, -0.25) is 13.9 Å². The summed E-state index contributed by atoms with van der Waals surface area (Å²) in [7, 11) is -3.79. The van der Waals surface area contributed by atoms with Gasteiger partial charge in [-0.15, -0.1) is 0 Å². The minimum atomic E-state index is -3.79. The van der Waals surface area contributed by atoms with E-state index in [0.29, 0.717) is 5.69 Å². The molecule has 0 bridgehead atoms. The van der Waals surface area contributed by atoms with Crippen LogP contribution in [0.1, 0.15) is 43.0 Å². The highest BCUT2D eigenvalue weighted by Gasteiger charge is 2.34. The average molecular weight is 550 g/mol. The smallest absolute Gasteiger partial charge is 0.244 e. The molecule has 2 amide bonds. The molecule has 0 fully saturated rings. The Hall–Kier alpha value is -3.65. The Labute approximate surface area is 232 Å². The molecule has 0 aliphatic rings. The Bertz CT molecular complexity index is 1400. The van der Waals surface area contributed by atoms with Gasteiger partial charge in [0.1, 0.15) is 12.6 Å². The third-order valence-electron chi connectivity index (χ3n) is 6.34. The molecule has 0 spiro atoms. The van der Waals surface area contributed by atoms with E-state index in [2.05, 4.69) is 5.32 Å². The zero-order valence-electron chi connectivity index (χ0n) is 23.6. The van der Waals surface area contributed by atoms with Crippen LogP contribution in [-0.2, 0) is 32.6 Å². The van der Waals surface area contributed by atoms with Crippen LogP contribution < -0.4 is 9.62 Å². The first-order valence-electron chi connectivity index (χ1n) is 13.0. The maximum Gasteiger partial charge on any atom is 0.244 e. The van der Waals surface area contributed by atoms with Gasteiger partial charge in [-0.2, -0.15) is 0 Å². The zero-order valence-corrected chi connectivity index (χ0v) is 24.5. The summed E-state index contributed by atoms with van der Waals surface area (Å²) < 4.78 is 26.8. The molecule has 0 aromatic heterocycles. The predicted octanol–water partition coefficient (Wildman–Crippen LogP) is 4.62. The molecule has 0 saturated carbocycles. The van der Waals surface area contributed by atoms with E-state index in [1.54, 1.807) is 18.2 Å². The molecular weight excluding hydrogens is 510 g/mol. The molecule has 0 radical (unpaired) electrons. The number of hydrogen-bond acceptors (Lipinski definition) is 4. The SMILES string of the molecule is Cc1cccc(N(CC(=O)N(Cc2ccccc2C)C(Cc2ccccc2)C(=O)NC(C)(C)C)S(C)(=O)=O)c1. The summed E-state index contributed by atoms with van der Waals surface area (Å²) in [5.74, 6) is -0.759. The van der Waals surface area contributed by atoms with Gasteiger partial charge in [0.05, 0.1) is 11.9 Å². The van der Waals surface area contributed by atoms with Crippen LogP contribution in [0.2, 0.25) is 0 Å². The summed E-state index contributed by atoms with van der Waals surface area (Å²) in [4.78, 5) is 29.4. The number of carbonyl (C=O) groups excluding carboxylic acids is 2. The molecule has 7 nitrogen and oxygen atoms in total. The first kappa shape index (κ1) is 29.9. The molecule has 1 unspecified atom stereocenters. The number of sulfonamides is 1. The Morgan fingerprint density at radius 3 is 2.13 bits per heavy atom. The van der Waals surface area contributed by atoms with Crippen molar-refractivity contribution in [3.63, 3.8) is 0 Å². The van der Waals surface area contributed by atoms with Gasteiger partial charge in [0.25, 0.3) is 0 Å². The van der Waals surface area contributed by atoms with Crippen LogP contribution >= 0.6 is 0 Å². The third-order valence-corrected chi connectivity index (χ3v) is 7.48. The fraction of sp³-hybridized carbons (Fsp3) is 0.355. The summed E-state index contributed by atoms with van der Waals surface area (Å²) in [6.07, 6.45) is 1.37. The summed E-state index contributed by atoms with van der Waals surface area (Å²) in [6.45, 7) is 9.22. The van der Waals surface area contributed by atoms with Gasteiger partial charge >= 0.3 is 0 Å². The minimum Gasteiger partial charge on any atom is -0.350 e. The fourth-order valence-electron chi connectivity index (χ4n) is 4.37. The highest BCUT2D eigenvalue weighted by atomic mass is 32.2. The van der Waals surface area contributed by atoms with Crippen molar-refractivity contribution < 1.29 is 18.0 Å². The number of rotatable bonds is 10. The predicted molar refractivity (Wildman–Crippen MR) is 157 cm³/mol. The van der Waals surface area contributed by atoms with Gasteiger partial charge in [-0.05, 0) is 69.0 Å². The maximum atomic E-state index is 14.1. The first-order valence-corrected chi connectivity index (χ1v) is 14.8. The molecule has 3 aromatic rings. The highest BCUT2D eigenvalue weighted by Crippen LogP contribution is 2.22. The molecule has 1 N–H and O–H groups in total. The quantitative estimate of drug-likeness (QED) is 0.400. The molecule has 1 atom stereocenters. The second-order valence-corrected chi connectivity index (χ2v) is 12.9. The van der Waals surface area contributed by atoms with E-state index in [4.69, 9.17) is 0 Å². The number of nitrogens with one attached hydrogen (secondary N) is 1. The Balaban J connectivity index is 2.09. The number of nitrogens with zero attached hydrogens (tertiary/aromatic N) is 2. The van der Waals surface area contributed by atoms with E-state index < -0.39 is 34.1 Å². The largest absolute Gasteiger partial charge is 0.350 e. The van der Waals surface area contributed by atoms with Crippen LogP contribution in [0.15, 0.2) is 78.9 Å². The van der Waals surface area contributed by atoms with Crippen molar-refractivity contribution in [1.29, 1.82) is 0 Å². The number of anilines is 1. The van der Waals surface area contributed by atoms with Crippen LogP contribution in [0.4, 0.5) is 5.69 Å². The number of carbonyl (C=O) groups is 2. The lowest BCUT2D eigenvalue weighted by atomic mass is 10.00. The molecule has 0 aliphatic heterocycles. The lowest BCUT2D eigenvalue weighted by Gasteiger charge is -2.35. The normalized spacial score (nSPS) is 12.5. The first-order chi connectivity index (χ1) is 18.2. The minimum absolute atomic E-state index is 0.159. The van der Waals surface area contributed by atoms with Gasteiger partial charge in [0, 0.05) is 18.5 Å². The summed E-state index contributed by atoms with van der Waals surface area (Å²) in [6, 6.07) is 23.4. The van der Waals surface area contributed by atoms with Crippen LogP contribution in [0.5, 0.6) is 0 Å². The molecule has 39 heavy (non-hydrogen) atoms. The van der Waals surface area contributed by atoms with Gasteiger partial charge in [0.15, 0.2) is 0 Å². The topological polar surface area (TPSA) is 86.8 Å². The van der Waals surface area contributed by atoms with Gasteiger partial charge in [0.2, 0.25) is 21.8 Å². The van der Waals surface area contributed by atoms with Crippen LogP contribution in [-0.4, -0.2) is 49.5 Å². The molecular formula is C31H39N3O4S. The van der Waals surface area contributed by atoms with E-state index in [9.17, 15) is 18.0 Å². The van der Waals surface area contributed by atoms with Crippen molar-refractivity contribution >= 4 is 27.5 Å². The van der Waals surface area contributed by atoms with Crippen molar-refractivity contribution in [2.75, 3.05) is 17.1 Å². The zero-order chi connectivity index (χ0) is 28.8. The number of aryl methyl sites for hydroxylation is 2. The monoisotopic (exact) mass is 549 g/mol. The van der Waals surface area contributed by atoms with Crippen LogP contribution in [0.25, 0.3) is 0 Å². The van der Waals surface area contributed by atoms with Crippen molar-refractivity contribution in [3.8, 4) is 0 Å². The summed E-state index contributed by atoms with van der Waals surface area (Å²) in [5.41, 5.74) is 3.51. The van der Waals surface area contributed by atoms with E-state index in [0.717, 1.165) is 32.8 Å². The average Bonchev–Trinajstić information content (AvgIpc) is 2.84. The van der Waals surface area contributed by atoms with Gasteiger partial charge < -0.3 is 10.2 Å². The van der Waals surface area contributed by atoms with Crippen LogP contribution in [0.3, 0.4) is 0 Å². The second kappa shape index (κ2) is 12.5. The number of hydrogen-bond donors (Lipinski definition) is 1. The summed E-state index contributed by atoms with van der Waals surface area (Å²) >= 11 is 0. The lowest BCUT2D eigenvalue weighted by Crippen LogP contribution is -2.56. The van der Waals surface area contributed by atoms with Gasteiger partial charge in [-0.1, -0.05) is 66.7 Å². The Morgan fingerprint density at radius 1 is 0.897 bits per heavy atom. The van der Waals surface area contributed by atoms with E-state index >= 15 is 0 Å². The van der Waals surface area contributed by atoms with Crippen LogP contribution in [0, 0.1) is 13.8 Å². The molecule has 8 heteroatoms. The Morgan fingerprint density at radius 2 is 1.54 bits per heavy atom. The van der Waals surface area contributed by atoms with E-state index in [1.165, 1.54) is 4.90 Å². The maximum absolute atomic E-state index is 14.1. The van der Waals surface area contributed by atoms with E-state index in [1.807, 2.05) is 95.3 Å². The number of amides is 2. The van der Waals surface area contributed by atoms with Crippen molar-refractivity contribution in [2.24, 2.45) is 0 Å². The highest BCUT2D eigenvalue weighted by molar-refractivity contribution is 7.92. The molecule has 208 valence electrons. The van der Waals surface area contributed by atoms with Crippen molar-refractivity contribution in [3.05, 3.63) is 101 Å². The standard InChI is InChI=1S/C31H39N3O4S/c1-23-13-12-18-27(19-23)34(39(6,37)38)22-29(35)33(21-26-17-11-10-14-24(26)2)28(30(36)32-31(3,4)5)20-25-15-8-7-9-16-25/h7-19,28H,20-22H2,1-6H3,(H,32,36).